The highest BCUT2D eigenvalue weighted by molar-refractivity contribution is 5.74. The second-order valence-electron chi connectivity index (χ2n) is 1.88. The molecule has 1 atom stereocenters. The molecular formula is C5H13N2O4+. The largest absolute Gasteiger partial charge is 0.481 e. The van der Waals surface area contributed by atoms with E-state index in [2.05, 4.69) is 0 Å². The molecule has 8 N–H and O–H groups in total. The van der Waals surface area contributed by atoms with Crippen LogP contribution in [0, 0.1) is 0 Å². The van der Waals surface area contributed by atoms with Crippen LogP contribution in [0.5, 0.6) is 0 Å². The lowest BCUT2D eigenvalue weighted by atomic mass is 10.2. The van der Waals surface area contributed by atoms with Crippen molar-refractivity contribution >= 4 is 11.9 Å². The Morgan fingerprint density at radius 2 is 1.82 bits per heavy atom. The molecular weight excluding hydrogens is 152 g/mol. The molecule has 0 aliphatic heterocycles. The standard InChI is InChI=1S/C5H9NO4.H3N/c6-3(5(9)10)1-2-4(7)8;/h3H,1-2,6H2,(H,7,8)(H,9,10);1H3/p+1. The maximum atomic E-state index is 9.99. The van der Waals surface area contributed by atoms with Gasteiger partial charge in [-0.25, -0.2) is 0 Å². The highest BCUT2D eigenvalue weighted by Gasteiger charge is 2.12. The summed E-state index contributed by atoms with van der Waals surface area (Å²) in [5.41, 5.74) is 5.00. The van der Waals surface area contributed by atoms with Gasteiger partial charge in [-0.3, -0.25) is 9.59 Å². The summed E-state index contributed by atoms with van der Waals surface area (Å²) in [4.78, 5) is 19.9. The number of carboxylic acid groups (broad SMARTS) is 2. The number of carbonyl (C=O) groups is 2. The van der Waals surface area contributed by atoms with Crippen LogP contribution in [0.3, 0.4) is 0 Å². The minimum atomic E-state index is -1.17. The molecule has 0 aromatic rings. The van der Waals surface area contributed by atoms with Gasteiger partial charge in [-0.15, -0.1) is 0 Å². The van der Waals surface area contributed by atoms with Crippen LogP contribution in [0.15, 0.2) is 0 Å². The Labute approximate surface area is 63.6 Å². The third-order valence-corrected chi connectivity index (χ3v) is 0.986. The monoisotopic (exact) mass is 165 g/mol. The van der Waals surface area contributed by atoms with Gasteiger partial charge in [0.15, 0.2) is 0 Å². The molecule has 6 nitrogen and oxygen atoms in total. The van der Waals surface area contributed by atoms with Crippen molar-refractivity contribution in [1.82, 2.24) is 6.15 Å². The van der Waals surface area contributed by atoms with E-state index in [0.29, 0.717) is 0 Å². The second-order valence-corrected chi connectivity index (χ2v) is 1.88. The fourth-order valence-electron chi connectivity index (χ4n) is 0.402. The highest BCUT2D eigenvalue weighted by atomic mass is 16.4. The van der Waals surface area contributed by atoms with E-state index >= 15 is 0 Å². The molecule has 6 heteroatoms. The topological polar surface area (TPSA) is 137 Å². The fraction of sp³-hybridized carbons (Fsp3) is 0.600. The Morgan fingerprint density at radius 3 is 2.09 bits per heavy atom. The number of quaternary nitrogens is 1. The van der Waals surface area contributed by atoms with E-state index in [4.69, 9.17) is 15.9 Å². The highest BCUT2D eigenvalue weighted by Crippen LogP contribution is 1.93. The van der Waals surface area contributed by atoms with Crippen molar-refractivity contribution < 1.29 is 19.8 Å². The first-order valence-corrected chi connectivity index (χ1v) is 2.74. The van der Waals surface area contributed by atoms with Gasteiger partial charge in [0.2, 0.25) is 0 Å². The summed E-state index contributed by atoms with van der Waals surface area (Å²) in [6.07, 6.45) is -0.224. The van der Waals surface area contributed by atoms with Crippen LogP contribution in [0.2, 0.25) is 0 Å². The van der Waals surface area contributed by atoms with Crippen molar-refractivity contribution in [1.29, 1.82) is 0 Å². The minimum Gasteiger partial charge on any atom is -0.481 e. The van der Waals surface area contributed by atoms with Gasteiger partial charge in [-0.2, -0.15) is 0 Å². The molecule has 0 saturated heterocycles. The predicted molar refractivity (Wildman–Crippen MR) is 38.5 cm³/mol. The van der Waals surface area contributed by atoms with Crippen LogP contribution in [-0.2, 0) is 9.59 Å². The average molecular weight is 165 g/mol. The van der Waals surface area contributed by atoms with Gasteiger partial charge >= 0.3 is 11.9 Å². The van der Waals surface area contributed by atoms with Gasteiger partial charge in [-0.1, -0.05) is 0 Å². The molecule has 0 radical (unpaired) electrons. The second kappa shape index (κ2) is 5.63. The Hall–Kier alpha value is -1.14. The summed E-state index contributed by atoms with van der Waals surface area (Å²) >= 11 is 0. The Balaban J connectivity index is 0. The molecule has 0 aromatic heterocycles. The molecule has 0 bridgehead atoms. The summed E-state index contributed by atoms with van der Waals surface area (Å²) in [6, 6.07) is -1.06. The van der Waals surface area contributed by atoms with Crippen LogP contribution in [0.25, 0.3) is 0 Å². The number of nitrogens with two attached hydrogens (primary N) is 1. The SMILES string of the molecule is NC(CCC(=O)O)C(=O)O.[NH4+]. The number of aliphatic carboxylic acids is 2. The van der Waals surface area contributed by atoms with Gasteiger partial charge in [0.05, 0.1) is 0 Å². The van der Waals surface area contributed by atoms with Crippen molar-refractivity contribution in [2.24, 2.45) is 5.73 Å². The lowest BCUT2D eigenvalue weighted by molar-refractivity contribution is -0.139. The zero-order chi connectivity index (χ0) is 8.15. The molecule has 1 unspecified atom stereocenters. The van der Waals surface area contributed by atoms with Crippen molar-refractivity contribution in [2.75, 3.05) is 0 Å². The van der Waals surface area contributed by atoms with E-state index in [1.807, 2.05) is 0 Å². The summed E-state index contributed by atoms with van der Waals surface area (Å²) in [5, 5.41) is 16.3. The maximum absolute atomic E-state index is 9.99. The van der Waals surface area contributed by atoms with Crippen LogP contribution < -0.4 is 11.9 Å². The van der Waals surface area contributed by atoms with Crippen molar-refractivity contribution in [3.05, 3.63) is 0 Å². The van der Waals surface area contributed by atoms with Gasteiger partial charge in [0, 0.05) is 6.42 Å². The number of rotatable bonds is 4. The molecule has 0 fully saturated rings. The minimum absolute atomic E-state index is 0. The molecule has 0 aromatic carbocycles. The molecule has 0 saturated carbocycles. The zero-order valence-electron chi connectivity index (χ0n) is 6.28. The summed E-state index contributed by atoms with van der Waals surface area (Å²) in [6.45, 7) is 0. The van der Waals surface area contributed by atoms with Crippen molar-refractivity contribution in [3.8, 4) is 0 Å². The van der Waals surface area contributed by atoms with E-state index in [1.54, 1.807) is 0 Å². The van der Waals surface area contributed by atoms with E-state index in [-0.39, 0.29) is 19.0 Å². The van der Waals surface area contributed by atoms with E-state index < -0.39 is 18.0 Å². The fourth-order valence-corrected chi connectivity index (χ4v) is 0.402. The lowest BCUT2D eigenvalue weighted by Crippen LogP contribution is -2.30. The third-order valence-electron chi connectivity index (χ3n) is 0.986. The first-order valence-electron chi connectivity index (χ1n) is 2.74. The molecule has 0 rings (SSSR count). The van der Waals surface area contributed by atoms with E-state index in [0.717, 1.165) is 0 Å². The molecule has 0 heterocycles. The van der Waals surface area contributed by atoms with Crippen LogP contribution in [0.4, 0.5) is 0 Å². The first-order chi connectivity index (χ1) is 4.54. The van der Waals surface area contributed by atoms with Gasteiger partial charge in [0.25, 0.3) is 0 Å². The summed E-state index contributed by atoms with van der Waals surface area (Å²) in [7, 11) is 0. The Kier molecular flexibility index (Phi) is 6.41. The molecule has 66 valence electrons. The molecule has 11 heavy (non-hydrogen) atoms. The van der Waals surface area contributed by atoms with Crippen LogP contribution in [0.1, 0.15) is 12.8 Å². The molecule has 0 aliphatic rings. The third kappa shape index (κ3) is 6.75. The van der Waals surface area contributed by atoms with Gasteiger partial charge in [-0.05, 0) is 6.42 Å². The average Bonchev–Trinajstić information content (AvgIpc) is 1.82. The predicted octanol–water partition coefficient (Wildman–Crippen LogP) is -0.361. The number of carboxylic acids is 2. The van der Waals surface area contributed by atoms with Gasteiger partial charge in [0.1, 0.15) is 6.04 Å². The molecule has 0 aliphatic carbocycles. The summed E-state index contributed by atoms with van der Waals surface area (Å²) in [5.74, 6) is -2.20. The number of hydrogen-bond acceptors (Lipinski definition) is 3. The number of hydrogen-bond donors (Lipinski definition) is 4. The van der Waals surface area contributed by atoms with Crippen molar-refractivity contribution in [2.45, 2.75) is 18.9 Å². The van der Waals surface area contributed by atoms with Crippen LogP contribution in [-0.4, -0.2) is 28.2 Å². The smallest absolute Gasteiger partial charge is 0.320 e. The molecule has 0 amide bonds. The molecule has 0 spiro atoms. The maximum Gasteiger partial charge on any atom is 0.320 e. The van der Waals surface area contributed by atoms with E-state index in [1.165, 1.54) is 0 Å². The van der Waals surface area contributed by atoms with E-state index in [9.17, 15) is 9.59 Å². The zero-order valence-corrected chi connectivity index (χ0v) is 6.28. The first kappa shape index (κ1) is 12.5. The Bertz CT molecular complexity index is 147. The van der Waals surface area contributed by atoms with Crippen molar-refractivity contribution in [3.63, 3.8) is 0 Å². The normalized spacial score (nSPS) is 11.4. The summed E-state index contributed by atoms with van der Waals surface area (Å²) < 4.78 is 0. The van der Waals surface area contributed by atoms with Gasteiger partial charge < -0.3 is 22.1 Å². The van der Waals surface area contributed by atoms with Crippen LogP contribution >= 0.6 is 0 Å². The lowest BCUT2D eigenvalue weighted by Gasteiger charge is -2.01. The quantitative estimate of drug-likeness (QED) is 0.450. The Morgan fingerprint density at radius 1 is 1.36 bits per heavy atom.